The summed E-state index contributed by atoms with van der Waals surface area (Å²) in [6.45, 7) is 11.6. The van der Waals surface area contributed by atoms with Gasteiger partial charge in [0.05, 0.1) is 5.56 Å². The van der Waals surface area contributed by atoms with Crippen molar-refractivity contribution < 1.29 is 15.0 Å². The summed E-state index contributed by atoms with van der Waals surface area (Å²) in [6, 6.07) is 19.4. The summed E-state index contributed by atoms with van der Waals surface area (Å²) in [5.41, 5.74) is 5.33. The maximum atomic E-state index is 11.1. The van der Waals surface area contributed by atoms with Crippen molar-refractivity contribution >= 4 is 6.29 Å². The Morgan fingerprint density at radius 2 is 1.51 bits per heavy atom. The second kappa shape index (κ2) is 11.4. The number of hydrogen-bond donors (Lipinski definition) is 2. The largest absolute Gasteiger partial charge is 0.508 e. The van der Waals surface area contributed by atoms with Gasteiger partial charge in [-0.15, -0.1) is 10.2 Å². The SMILES string of the molecule is Cc1nnc(-c2cc(C(C)C)c(O)cc2O)n1-c1ccc(CN2CCN(Cc3cccc(C=O)c3)CC2)cc1. The second-order valence-corrected chi connectivity index (χ2v) is 10.6. The molecule has 1 aliphatic heterocycles. The molecular formula is C31H35N5O3. The average molecular weight is 526 g/mol. The number of phenols is 2. The van der Waals surface area contributed by atoms with Crippen LogP contribution in [0.4, 0.5) is 0 Å². The molecule has 2 heterocycles. The number of hydrogen-bond acceptors (Lipinski definition) is 7. The molecule has 0 amide bonds. The smallest absolute Gasteiger partial charge is 0.172 e. The molecule has 0 radical (unpaired) electrons. The Kier molecular flexibility index (Phi) is 7.77. The van der Waals surface area contributed by atoms with Crippen molar-refractivity contribution in [2.75, 3.05) is 26.2 Å². The zero-order valence-electron chi connectivity index (χ0n) is 22.7. The Hall–Kier alpha value is -4.01. The summed E-state index contributed by atoms with van der Waals surface area (Å²) >= 11 is 0. The first kappa shape index (κ1) is 26.6. The highest BCUT2D eigenvalue weighted by molar-refractivity contribution is 5.75. The average Bonchev–Trinajstić information content (AvgIpc) is 3.31. The number of rotatable bonds is 8. The third-order valence-electron chi connectivity index (χ3n) is 7.39. The normalized spacial score (nSPS) is 14.7. The molecule has 1 fully saturated rings. The molecule has 0 bridgehead atoms. The Balaban J connectivity index is 1.26. The molecule has 8 nitrogen and oxygen atoms in total. The van der Waals surface area contributed by atoms with E-state index < -0.39 is 0 Å². The van der Waals surface area contributed by atoms with Crippen LogP contribution in [0.15, 0.2) is 60.7 Å². The Labute approximate surface area is 229 Å². The summed E-state index contributed by atoms with van der Waals surface area (Å²) in [4.78, 5) is 16.0. The van der Waals surface area contributed by atoms with Crippen molar-refractivity contribution in [1.29, 1.82) is 0 Å². The topological polar surface area (TPSA) is 94.7 Å². The summed E-state index contributed by atoms with van der Waals surface area (Å²) < 4.78 is 1.93. The van der Waals surface area contributed by atoms with Gasteiger partial charge in [-0.05, 0) is 53.8 Å². The van der Waals surface area contributed by atoms with Crippen LogP contribution in [0.5, 0.6) is 11.5 Å². The highest BCUT2D eigenvalue weighted by atomic mass is 16.3. The summed E-state index contributed by atoms with van der Waals surface area (Å²) in [5.74, 6) is 1.39. The minimum atomic E-state index is -0.0299. The lowest BCUT2D eigenvalue weighted by Crippen LogP contribution is -2.45. The maximum Gasteiger partial charge on any atom is 0.172 e. The van der Waals surface area contributed by atoms with Crippen molar-refractivity contribution in [3.8, 4) is 28.6 Å². The van der Waals surface area contributed by atoms with Crippen molar-refractivity contribution in [2.24, 2.45) is 0 Å². The molecule has 8 heteroatoms. The van der Waals surface area contributed by atoms with Crippen molar-refractivity contribution in [3.05, 3.63) is 88.7 Å². The first-order valence-electron chi connectivity index (χ1n) is 13.4. The highest BCUT2D eigenvalue weighted by Crippen LogP contribution is 2.38. The van der Waals surface area contributed by atoms with Crippen LogP contribution in [0.2, 0.25) is 0 Å². The zero-order valence-corrected chi connectivity index (χ0v) is 22.7. The number of carbonyl (C=O) groups excluding carboxylic acids is 1. The number of aromatic nitrogens is 3. The fraction of sp³-hybridized carbons (Fsp3) is 0.323. The lowest BCUT2D eigenvalue weighted by Gasteiger charge is -2.34. The van der Waals surface area contributed by atoms with E-state index in [1.807, 2.05) is 43.5 Å². The maximum absolute atomic E-state index is 11.1. The first-order valence-corrected chi connectivity index (χ1v) is 13.4. The predicted octanol–water partition coefficient (Wildman–Crippen LogP) is 4.91. The van der Waals surface area contributed by atoms with Crippen LogP contribution in [-0.4, -0.2) is 67.2 Å². The molecule has 0 aliphatic carbocycles. The van der Waals surface area contributed by atoms with E-state index in [4.69, 9.17) is 0 Å². The van der Waals surface area contributed by atoms with E-state index in [0.717, 1.165) is 62.4 Å². The van der Waals surface area contributed by atoms with E-state index in [9.17, 15) is 15.0 Å². The van der Waals surface area contributed by atoms with Crippen LogP contribution in [-0.2, 0) is 13.1 Å². The van der Waals surface area contributed by atoms with Gasteiger partial charge in [0, 0.05) is 56.6 Å². The number of benzene rings is 3. The number of aryl methyl sites for hydroxylation is 1. The fourth-order valence-corrected chi connectivity index (χ4v) is 5.22. The van der Waals surface area contributed by atoms with E-state index >= 15 is 0 Å². The zero-order chi connectivity index (χ0) is 27.5. The molecule has 0 spiro atoms. The van der Waals surface area contributed by atoms with Crippen molar-refractivity contribution in [2.45, 2.75) is 39.8 Å². The molecule has 0 unspecified atom stereocenters. The van der Waals surface area contributed by atoms with E-state index in [1.54, 1.807) is 6.07 Å². The molecule has 39 heavy (non-hydrogen) atoms. The Bertz CT molecular complexity index is 1450. The molecule has 1 aromatic heterocycles. The van der Waals surface area contributed by atoms with E-state index in [0.29, 0.717) is 17.2 Å². The molecule has 0 atom stereocenters. The Morgan fingerprint density at radius 3 is 2.15 bits per heavy atom. The molecule has 1 aliphatic rings. The van der Waals surface area contributed by atoms with Crippen LogP contribution < -0.4 is 0 Å². The van der Waals surface area contributed by atoms with Crippen LogP contribution in [0, 0.1) is 6.92 Å². The van der Waals surface area contributed by atoms with Gasteiger partial charge in [0.15, 0.2) is 5.82 Å². The predicted molar refractivity (Wildman–Crippen MR) is 151 cm³/mol. The lowest BCUT2D eigenvalue weighted by molar-refractivity contribution is 0.112. The number of phenolic OH excluding ortho intramolecular Hbond substituents is 2. The Morgan fingerprint density at radius 1 is 0.846 bits per heavy atom. The third-order valence-corrected chi connectivity index (χ3v) is 7.39. The molecule has 2 N–H and O–H groups in total. The summed E-state index contributed by atoms with van der Waals surface area (Å²) in [7, 11) is 0. The van der Waals surface area contributed by atoms with Gasteiger partial charge in [-0.25, -0.2) is 0 Å². The van der Waals surface area contributed by atoms with Crippen LogP contribution in [0.1, 0.15) is 52.6 Å². The van der Waals surface area contributed by atoms with Crippen molar-refractivity contribution in [1.82, 2.24) is 24.6 Å². The van der Waals surface area contributed by atoms with E-state index in [-0.39, 0.29) is 17.4 Å². The molecule has 4 aromatic rings. The van der Waals surface area contributed by atoms with Crippen molar-refractivity contribution in [3.63, 3.8) is 0 Å². The van der Waals surface area contributed by atoms with Gasteiger partial charge in [0.1, 0.15) is 23.6 Å². The number of aldehydes is 1. The lowest BCUT2D eigenvalue weighted by atomic mass is 9.98. The molecule has 3 aromatic carbocycles. The fourth-order valence-electron chi connectivity index (χ4n) is 5.22. The monoisotopic (exact) mass is 525 g/mol. The number of nitrogens with zero attached hydrogens (tertiary/aromatic N) is 5. The van der Waals surface area contributed by atoms with Gasteiger partial charge in [-0.3, -0.25) is 19.2 Å². The standard InChI is InChI=1S/C31H35N5O3/c1-21(2)27-16-28(30(39)17-29(27)38)31-33-32-22(3)36(31)26-9-7-23(8-10-26)18-34-11-13-35(14-12-34)19-24-5-4-6-25(15-24)20-37/h4-10,15-17,20-21,38-39H,11-14,18-19H2,1-3H3. The van der Waals surface area contributed by atoms with Crippen LogP contribution >= 0.6 is 0 Å². The number of carbonyl (C=O) groups is 1. The van der Waals surface area contributed by atoms with Gasteiger partial charge in [0.2, 0.25) is 0 Å². The van der Waals surface area contributed by atoms with E-state index in [1.165, 1.54) is 17.2 Å². The highest BCUT2D eigenvalue weighted by Gasteiger charge is 2.21. The second-order valence-electron chi connectivity index (χ2n) is 10.6. The quantitative estimate of drug-likeness (QED) is 0.316. The van der Waals surface area contributed by atoms with Gasteiger partial charge >= 0.3 is 0 Å². The number of piperazine rings is 1. The van der Waals surface area contributed by atoms with E-state index in [2.05, 4.69) is 50.3 Å². The van der Waals surface area contributed by atoms with Gasteiger partial charge in [0.25, 0.3) is 0 Å². The molecule has 202 valence electrons. The summed E-state index contributed by atoms with van der Waals surface area (Å²) in [6.07, 6.45) is 0.901. The van der Waals surface area contributed by atoms with Gasteiger partial charge in [-0.1, -0.05) is 44.2 Å². The molecule has 1 saturated heterocycles. The number of aromatic hydroxyl groups is 2. The summed E-state index contributed by atoms with van der Waals surface area (Å²) in [5, 5.41) is 29.5. The minimum absolute atomic E-state index is 0.0299. The van der Waals surface area contributed by atoms with Crippen LogP contribution in [0.3, 0.4) is 0 Å². The molecular weight excluding hydrogens is 490 g/mol. The third kappa shape index (κ3) is 5.87. The molecule has 0 saturated carbocycles. The van der Waals surface area contributed by atoms with Crippen LogP contribution in [0.25, 0.3) is 17.1 Å². The molecule has 5 rings (SSSR count). The minimum Gasteiger partial charge on any atom is -0.508 e. The van der Waals surface area contributed by atoms with Gasteiger partial charge < -0.3 is 10.2 Å². The van der Waals surface area contributed by atoms with Gasteiger partial charge in [-0.2, -0.15) is 0 Å². The first-order chi connectivity index (χ1) is 18.8.